The summed E-state index contributed by atoms with van der Waals surface area (Å²) in [5.41, 5.74) is 8.18. The molecule has 0 aromatic carbocycles. The smallest absolute Gasteiger partial charge is 0.108 e. The molecule has 1 unspecified atom stereocenters. The van der Waals surface area contributed by atoms with E-state index < -0.39 is 0 Å². The Morgan fingerprint density at radius 3 is 2.69 bits per heavy atom. The molecule has 1 atom stereocenters. The van der Waals surface area contributed by atoms with Gasteiger partial charge in [-0.05, 0) is 29.8 Å². The molecule has 0 amide bonds. The Labute approximate surface area is 86.7 Å². The van der Waals surface area contributed by atoms with E-state index in [1.54, 1.807) is 10.9 Å². The number of hydrogen-bond acceptors (Lipinski definition) is 2. The van der Waals surface area contributed by atoms with Crippen molar-refractivity contribution in [3.05, 3.63) is 28.0 Å². The highest BCUT2D eigenvalue weighted by molar-refractivity contribution is 9.10. The van der Waals surface area contributed by atoms with Crippen LogP contribution in [0, 0.1) is 0 Å². The first-order valence-electron chi connectivity index (χ1n) is 4.10. The van der Waals surface area contributed by atoms with Crippen LogP contribution in [0.3, 0.4) is 0 Å². The van der Waals surface area contributed by atoms with Crippen molar-refractivity contribution < 1.29 is 0 Å². The fourth-order valence-electron chi connectivity index (χ4n) is 1.11. The Morgan fingerprint density at radius 1 is 1.69 bits per heavy atom. The molecule has 1 aromatic rings. The quantitative estimate of drug-likeness (QED) is 0.810. The lowest BCUT2D eigenvalue weighted by atomic mass is 10.1. The zero-order valence-electron chi connectivity index (χ0n) is 8.08. The lowest BCUT2D eigenvalue weighted by Gasteiger charge is -2.05. The van der Waals surface area contributed by atoms with Crippen LogP contribution in [0.4, 0.5) is 0 Å². The molecule has 1 rings (SSSR count). The second-order valence-corrected chi connectivity index (χ2v) is 4.04. The van der Waals surface area contributed by atoms with Gasteiger partial charge in [0.2, 0.25) is 0 Å². The van der Waals surface area contributed by atoms with Gasteiger partial charge in [0.1, 0.15) is 4.60 Å². The van der Waals surface area contributed by atoms with Gasteiger partial charge in [-0.2, -0.15) is 5.10 Å². The highest BCUT2D eigenvalue weighted by Gasteiger charge is 2.10. The minimum absolute atomic E-state index is 0.0759. The summed E-state index contributed by atoms with van der Waals surface area (Å²) in [6.07, 6.45) is 3.80. The van der Waals surface area contributed by atoms with E-state index >= 15 is 0 Å². The van der Waals surface area contributed by atoms with Crippen molar-refractivity contribution in [3.8, 4) is 0 Å². The molecule has 0 aliphatic carbocycles. The zero-order valence-corrected chi connectivity index (χ0v) is 9.67. The van der Waals surface area contributed by atoms with E-state index in [0.717, 1.165) is 10.2 Å². The summed E-state index contributed by atoms with van der Waals surface area (Å²) >= 11 is 3.43. The molecular weight excluding hydrogens is 230 g/mol. The molecule has 1 heterocycles. The molecule has 0 fully saturated rings. The topological polar surface area (TPSA) is 43.8 Å². The lowest BCUT2D eigenvalue weighted by molar-refractivity contribution is 0.745. The molecule has 0 radical (unpaired) electrons. The van der Waals surface area contributed by atoms with Crippen molar-refractivity contribution >= 4 is 15.9 Å². The van der Waals surface area contributed by atoms with E-state index in [4.69, 9.17) is 5.73 Å². The van der Waals surface area contributed by atoms with Crippen LogP contribution < -0.4 is 5.73 Å². The summed E-state index contributed by atoms with van der Waals surface area (Å²) in [6.45, 7) is 4.06. The third kappa shape index (κ3) is 2.42. The number of halogens is 1. The van der Waals surface area contributed by atoms with Gasteiger partial charge >= 0.3 is 0 Å². The molecule has 0 spiro atoms. The number of rotatable bonds is 2. The van der Waals surface area contributed by atoms with Gasteiger partial charge in [0.05, 0.1) is 12.2 Å². The van der Waals surface area contributed by atoms with Gasteiger partial charge < -0.3 is 5.73 Å². The number of aromatic nitrogens is 2. The summed E-state index contributed by atoms with van der Waals surface area (Å²) in [6, 6.07) is -0.0759. The Morgan fingerprint density at radius 2 is 2.31 bits per heavy atom. The van der Waals surface area contributed by atoms with Crippen molar-refractivity contribution in [2.75, 3.05) is 0 Å². The van der Waals surface area contributed by atoms with Gasteiger partial charge in [0.15, 0.2) is 0 Å². The summed E-state index contributed by atoms with van der Waals surface area (Å²) in [5, 5.41) is 4.11. The zero-order chi connectivity index (χ0) is 10.0. The van der Waals surface area contributed by atoms with Gasteiger partial charge in [-0.3, -0.25) is 4.68 Å². The van der Waals surface area contributed by atoms with Crippen LogP contribution in [0.5, 0.6) is 0 Å². The number of aryl methyl sites for hydroxylation is 1. The first-order valence-corrected chi connectivity index (χ1v) is 4.89. The standard InChI is InChI=1S/C9H14BrN3/c1-6(2)4-8(11)7-5-12-13(3)9(7)10/h4-5,8H,11H2,1-3H3. The van der Waals surface area contributed by atoms with Crippen LogP contribution in [-0.2, 0) is 7.05 Å². The molecule has 3 nitrogen and oxygen atoms in total. The van der Waals surface area contributed by atoms with Gasteiger partial charge in [-0.15, -0.1) is 0 Å². The van der Waals surface area contributed by atoms with Crippen molar-refractivity contribution in [3.63, 3.8) is 0 Å². The maximum Gasteiger partial charge on any atom is 0.108 e. The second-order valence-electron chi connectivity index (χ2n) is 3.28. The first kappa shape index (κ1) is 10.5. The summed E-state index contributed by atoms with van der Waals surface area (Å²) in [4.78, 5) is 0. The third-order valence-corrected chi connectivity index (χ3v) is 2.74. The van der Waals surface area contributed by atoms with Gasteiger partial charge in [-0.25, -0.2) is 0 Å². The molecule has 4 heteroatoms. The molecule has 0 aliphatic rings. The van der Waals surface area contributed by atoms with Crippen molar-refractivity contribution in [1.29, 1.82) is 0 Å². The predicted octanol–water partition coefficient (Wildman–Crippen LogP) is 2.15. The molecule has 72 valence electrons. The van der Waals surface area contributed by atoms with Crippen LogP contribution in [0.2, 0.25) is 0 Å². The Kier molecular flexibility index (Phi) is 3.27. The normalized spacial score (nSPS) is 12.7. The first-order chi connectivity index (χ1) is 6.02. The van der Waals surface area contributed by atoms with Gasteiger partial charge in [0.25, 0.3) is 0 Å². The van der Waals surface area contributed by atoms with Crippen LogP contribution >= 0.6 is 15.9 Å². The fourth-order valence-corrected chi connectivity index (χ4v) is 1.57. The van der Waals surface area contributed by atoms with E-state index in [1.165, 1.54) is 5.57 Å². The Balaban J connectivity index is 2.95. The van der Waals surface area contributed by atoms with E-state index in [1.807, 2.05) is 27.0 Å². The van der Waals surface area contributed by atoms with Crippen LogP contribution in [0.25, 0.3) is 0 Å². The predicted molar refractivity (Wildman–Crippen MR) is 57.3 cm³/mol. The highest BCUT2D eigenvalue weighted by Crippen LogP contribution is 2.22. The number of hydrogen-bond donors (Lipinski definition) is 1. The molecule has 0 aliphatic heterocycles. The second kappa shape index (κ2) is 4.07. The minimum atomic E-state index is -0.0759. The van der Waals surface area contributed by atoms with Crippen LogP contribution in [-0.4, -0.2) is 9.78 Å². The average Bonchev–Trinajstić information content (AvgIpc) is 2.31. The van der Waals surface area contributed by atoms with Crippen LogP contribution in [0.1, 0.15) is 25.5 Å². The molecule has 2 N–H and O–H groups in total. The molecule has 0 bridgehead atoms. The van der Waals surface area contributed by atoms with Gasteiger partial charge in [0, 0.05) is 12.6 Å². The lowest BCUT2D eigenvalue weighted by Crippen LogP contribution is -2.07. The highest BCUT2D eigenvalue weighted by atomic mass is 79.9. The maximum absolute atomic E-state index is 5.95. The van der Waals surface area contributed by atoms with E-state index in [-0.39, 0.29) is 6.04 Å². The maximum atomic E-state index is 5.95. The Bertz CT molecular complexity index is 324. The van der Waals surface area contributed by atoms with Crippen LogP contribution in [0.15, 0.2) is 22.4 Å². The number of nitrogens with two attached hydrogens (primary N) is 1. The molecule has 1 aromatic heterocycles. The molecule has 0 saturated carbocycles. The Hall–Kier alpha value is -0.610. The van der Waals surface area contributed by atoms with Crippen molar-refractivity contribution in [2.45, 2.75) is 19.9 Å². The summed E-state index contributed by atoms with van der Waals surface area (Å²) in [7, 11) is 1.88. The molecular formula is C9H14BrN3. The average molecular weight is 244 g/mol. The monoisotopic (exact) mass is 243 g/mol. The number of allylic oxidation sites excluding steroid dienone is 1. The SMILES string of the molecule is CC(C)=CC(N)c1cnn(C)c1Br. The van der Waals surface area contributed by atoms with Crippen molar-refractivity contribution in [2.24, 2.45) is 12.8 Å². The van der Waals surface area contributed by atoms with E-state index in [2.05, 4.69) is 21.0 Å². The van der Waals surface area contributed by atoms with Gasteiger partial charge in [-0.1, -0.05) is 11.6 Å². The minimum Gasteiger partial charge on any atom is -0.321 e. The fraction of sp³-hybridized carbons (Fsp3) is 0.444. The third-order valence-electron chi connectivity index (χ3n) is 1.76. The number of nitrogens with zero attached hydrogens (tertiary/aromatic N) is 2. The summed E-state index contributed by atoms with van der Waals surface area (Å²) < 4.78 is 2.70. The summed E-state index contributed by atoms with van der Waals surface area (Å²) in [5.74, 6) is 0. The van der Waals surface area contributed by atoms with E-state index in [0.29, 0.717) is 0 Å². The molecule has 0 saturated heterocycles. The largest absolute Gasteiger partial charge is 0.321 e. The van der Waals surface area contributed by atoms with Crippen molar-refractivity contribution in [1.82, 2.24) is 9.78 Å². The van der Waals surface area contributed by atoms with E-state index in [9.17, 15) is 0 Å². The molecule has 13 heavy (non-hydrogen) atoms.